The maximum atomic E-state index is 12.5. The fourth-order valence-corrected chi connectivity index (χ4v) is 3.84. The van der Waals surface area contributed by atoms with Crippen LogP contribution in [0.5, 0.6) is 5.75 Å². The second kappa shape index (κ2) is 12.3. The molecule has 0 saturated carbocycles. The van der Waals surface area contributed by atoms with Gasteiger partial charge in [-0.2, -0.15) is 5.10 Å². The Hall–Kier alpha value is -3.19. The Kier molecular flexibility index (Phi) is 9.22. The van der Waals surface area contributed by atoms with E-state index in [-0.39, 0.29) is 24.0 Å². The molecule has 0 fully saturated rings. The van der Waals surface area contributed by atoms with Crippen LogP contribution in [0.25, 0.3) is 10.8 Å². The molecule has 1 aromatic heterocycles. The van der Waals surface area contributed by atoms with Crippen molar-refractivity contribution < 1.29 is 27.6 Å². The highest BCUT2D eigenvalue weighted by atomic mass is 35.5. The maximum absolute atomic E-state index is 12.5. The van der Waals surface area contributed by atoms with Crippen molar-refractivity contribution in [3.05, 3.63) is 107 Å². The summed E-state index contributed by atoms with van der Waals surface area (Å²) in [7, 11) is 0. The number of nitrogens with zero attached hydrogens (tertiary/aromatic N) is 2. The van der Waals surface area contributed by atoms with Gasteiger partial charge in [0.2, 0.25) is 0 Å². The van der Waals surface area contributed by atoms with E-state index in [9.17, 15) is 9.90 Å². The first-order chi connectivity index (χ1) is 16.1. The van der Waals surface area contributed by atoms with Gasteiger partial charge in [0.05, 0.1) is 24.7 Å². The van der Waals surface area contributed by atoms with Crippen LogP contribution in [0.1, 0.15) is 30.6 Å². The molecule has 0 saturated heterocycles. The topological polar surface area (TPSA) is 81.0 Å². The molecule has 178 valence electrons. The number of benzene rings is 3. The Bertz CT molecular complexity index is 1230. The van der Waals surface area contributed by atoms with E-state index in [1.165, 1.54) is 4.68 Å². The van der Waals surface area contributed by atoms with Crippen molar-refractivity contribution in [3.8, 4) is 5.75 Å². The van der Waals surface area contributed by atoms with E-state index < -0.39 is 6.10 Å². The number of hydrogen-bond acceptors (Lipinski definition) is 4. The first-order valence-corrected chi connectivity index (χ1v) is 11.3. The molecular weight excluding hydrogens is 450 g/mol. The normalized spacial score (nSPS) is 12.6. The Balaban J connectivity index is 0.00000324. The van der Waals surface area contributed by atoms with Crippen molar-refractivity contribution in [3.63, 3.8) is 0 Å². The molecular formula is C27H30ClN3O3. The number of aryl methyl sites for hydroxylation is 1. The van der Waals surface area contributed by atoms with Gasteiger partial charge in [-0.15, -0.1) is 0 Å². The summed E-state index contributed by atoms with van der Waals surface area (Å²) < 4.78 is 7.34. The highest BCUT2D eigenvalue weighted by Crippen LogP contribution is 2.20. The zero-order chi connectivity index (χ0) is 23.0. The van der Waals surface area contributed by atoms with Gasteiger partial charge in [-0.05, 0) is 36.2 Å². The minimum atomic E-state index is -0.588. The highest BCUT2D eigenvalue weighted by molar-refractivity contribution is 5.80. The molecule has 0 radical (unpaired) electrons. The molecule has 3 aromatic carbocycles. The molecule has 0 bridgehead atoms. The zero-order valence-electron chi connectivity index (χ0n) is 19.2. The van der Waals surface area contributed by atoms with E-state index in [2.05, 4.69) is 10.4 Å². The van der Waals surface area contributed by atoms with Crippen molar-refractivity contribution >= 4 is 10.8 Å². The van der Waals surface area contributed by atoms with E-state index in [1.807, 2.05) is 85.8 Å². The Morgan fingerprint density at radius 1 is 1.00 bits per heavy atom. The SMILES string of the molecule is CC([NH2+]CCCn1ncc2ccccc2c1=O)C(O)c1ccc(OCc2ccccc2)cc1.[Cl-]. The summed E-state index contributed by atoms with van der Waals surface area (Å²) in [6.45, 7) is 3.86. The summed E-state index contributed by atoms with van der Waals surface area (Å²) in [4.78, 5) is 12.5. The second-order valence-corrected chi connectivity index (χ2v) is 8.29. The van der Waals surface area contributed by atoms with Gasteiger partial charge in [-0.3, -0.25) is 4.79 Å². The average molecular weight is 480 g/mol. The lowest BCUT2D eigenvalue weighted by molar-refractivity contribution is -0.694. The monoisotopic (exact) mass is 479 g/mol. The lowest BCUT2D eigenvalue weighted by Crippen LogP contribution is -3.00. The number of aromatic nitrogens is 2. The highest BCUT2D eigenvalue weighted by Gasteiger charge is 2.19. The second-order valence-electron chi connectivity index (χ2n) is 8.29. The first-order valence-electron chi connectivity index (χ1n) is 11.3. The molecule has 4 aromatic rings. The van der Waals surface area contributed by atoms with Gasteiger partial charge in [0, 0.05) is 11.8 Å². The van der Waals surface area contributed by atoms with Crippen molar-refractivity contribution in [1.29, 1.82) is 0 Å². The number of aliphatic hydroxyl groups is 1. The number of aliphatic hydroxyl groups excluding tert-OH is 1. The maximum Gasteiger partial charge on any atom is 0.274 e. The molecule has 2 unspecified atom stereocenters. The van der Waals surface area contributed by atoms with Crippen LogP contribution in [0.4, 0.5) is 0 Å². The van der Waals surface area contributed by atoms with Crippen LogP contribution < -0.4 is 28.0 Å². The Morgan fingerprint density at radius 3 is 2.47 bits per heavy atom. The van der Waals surface area contributed by atoms with Crippen molar-refractivity contribution in [2.75, 3.05) is 6.54 Å². The summed E-state index contributed by atoms with van der Waals surface area (Å²) in [6.07, 6.45) is 1.93. The van der Waals surface area contributed by atoms with Gasteiger partial charge >= 0.3 is 0 Å². The first kappa shape index (κ1) is 25.4. The van der Waals surface area contributed by atoms with Crippen LogP contribution in [0.3, 0.4) is 0 Å². The molecule has 2 atom stereocenters. The Labute approximate surface area is 205 Å². The lowest BCUT2D eigenvalue weighted by Gasteiger charge is -2.18. The molecule has 0 aliphatic heterocycles. The molecule has 7 heteroatoms. The van der Waals surface area contributed by atoms with Crippen LogP contribution >= 0.6 is 0 Å². The zero-order valence-corrected chi connectivity index (χ0v) is 19.9. The average Bonchev–Trinajstić information content (AvgIpc) is 2.87. The molecule has 6 nitrogen and oxygen atoms in total. The van der Waals surface area contributed by atoms with E-state index in [4.69, 9.17) is 4.74 Å². The molecule has 3 N–H and O–H groups in total. The number of quaternary nitrogens is 1. The molecule has 4 rings (SSSR count). The van der Waals surface area contributed by atoms with Gasteiger partial charge in [0.25, 0.3) is 5.56 Å². The van der Waals surface area contributed by atoms with Gasteiger partial charge in [-0.1, -0.05) is 60.7 Å². The third kappa shape index (κ3) is 6.44. The van der Waals surface area contributed by atoms with Crippen molar-refractivity contribution in [1.82, 2.24) is 9.78 Å². The van der Waals surface area contributed by atoms with Crippen LogP contribution in [-0.2, 0) is 13.2 Å². The predicted octanol–water partition coefficient (Wildman–Crippen LogP) is 0.0551. The number of ether oxygens (including phenoxy) is 1. The van der Waals surface area contributed by atoms with Crippen LogP contribution in [0.2, 0.25) is 0 Å². The number of halogens is 1. The van der Waals surface area contributed by atoms with Crippen molar-refractivity contribution in [2.45, 2.75) is 38.6 Å². The van der Waals surface area contributed by atoms with Crippen LogP contribution in [0, 0.1) is 0 Å². The van der Waals surface area contributed by atoms with E-state index in [0.717, 1.165) is 35.2 Å². The summed E-state index contributed by atoms with van der Waals surface area (Å²) >= 11 is 0. The summed E-state index contributed by atoms with van der Waals surface area (Å²) in [5.74, 6) is 0.778. The smallest absolute Gasteiger partial charge is 0.274 e. The van der Waals surface area contributed by atoms with Gasteiger partial charge in [0.15, 0.2) is 0 Å². The summed E-state index contributed by atoms with van der Waals surface area (Å²) in [5.41, 5.74) is 1.92. The van der Waals surface area contributed by atoms with E-state index >= 15 is 0 Å². The predicted molar refractivity (Wildman–Crippen MR) is 129 cm³/mol. The summed E-state index contributed by atoms with van der Waals surface area (Å²) in [6, 6.07) is 25.1. The number of hydrogen-bond donors (Lipinski definition) is 2. The van der Waals surface area contributed by atoms with Gasteiger partial charge in [-0.25, -0.2) is 4.68 Å². The van der Waals surface area contributed by atoms with E-state index in [0.29, 0.717) is 18.5 Å². The van der Waals surface area contributed by atoms with Crippen LogP contribution in [-0.4, -0.2) is 27.5 Å². The summed E-state index contributed by atoms with van der Waals surface area (Å²) in [5, 5.41) is 18.7. The number of fused-ring (bicyclic) bond motifs is 1. The minimum absolute atomic E-state index is 0. The largest absolute Gasteiger partial charge is 1.00 e. The quantitative estimate of drug-likeness (QED) is 0.315. The third-order valence-corrected chi connectivity index (χ3v) is 5.84. The van der Waals surface area contributed by atoms with Gasteiger partial charge in [0.1, 0.15) is 24.5 Å². The Morgan fingerprint density at radius 2 is 1.71 bits per heavy atom. The number of rotatable bonds is 10. The fourth-order valence-electron chi connectivity index (χ4n) is 3.84. The molecule has 0 spiro atoms. The van der Waals surface area contributed by atoms with Crippen molar-refractivity contribution in [2.24, 2.45) is 0 Å². The standard InChI is InChI=1S/C27H29N3O3.ClH/c1-20(28-16-7-17-30-27(32)25-11-6-5-10-23(25)18-29-30)26(31)22-12-14-24(15-13-22)33-19-21-8-3-2-4-9-21;/h2-6,8-15,18,20,26,28,31H,7,16-17,19H2,1H3;1H. The van der Waals surface area contributed by atoms with Gasteiger partial charge < -0.3 is 27.6 Å². The minimum Gasteiger partial charge on any atom is -1.00 e. The molecule has 0 amide bonds. The molecule has 1 heterocycles. The lowest BCUT2D eigenvalue weighted by atomic mass is 10.0. The van der Waals surface area contributed by atoms with Crippen LogP contribution in [0.15, 0.2) is 89.9 Å². The van der Waals surface area contributed by atoms with E-state index in [1.54, 1.807) is 6.20 Å². The fraction of sp³-hybridized carbons (Fsp3) is 0.259. The molecule has 0 aliphatic rings. The number of nitrogens with two attached hydrogens (primary N) is 1. The molecule has 0 aliphatic carbocycles. The molecule has 34 heavy (non-hydrogen) atoms. The third-order valence-electron chi connectivity index (χ3n) is 5.84.